The van der Waals surface area contributed by atoms with Gasteiger partial charge in [0.15, 0.2) is 0 Å². The predicted octanol–water partition coefficient (Wildman–Crippen LogP) is 3.99. The number of anilines is 1. The number of nitrogens with one attached hydrogen (secondary N) is 1. The van der Waals surface area contributed by atoms with Crippen LogP contribution < -0.4 is 15.1 Å². The van der Waals surface area contributed by atoms with Gasteiger partial charge >= 0.3 is 0 Å². The molecule has 0 unspecified atom stereocenters. The monoisotopic (exact) mass is 401 g/mol. The number of hydrogen-bond donors (Lipinski definition) is 1. The molecule has 0 bridgehead atoms. The topological polar surface area (TPSA) is 71.0 Å². The first kappa shape index (κ1) is 19.6. The summed E-state index contributed by atoms with van der Waals surface area (Å²) in [5.74, 6) is 0.731. The minimum Gasteiger partial charge on any atom is -0.493 e. The quantitative estimate of drug-likeness (QED) is 0.481. The fraction of sp³-hybridized carbons (Fsp3) is 0.208. The molecule has 0 fully saturated rings. The highest BCUT2D eigenvalue weighted by atomic mass is 16.5. The average Bonchev–Trinajstić information content (AvgIpc) is 3.01. The van der Waals surface area contributed by atoms with Crippen molar-refractivity contribution in [1.82, 2.24) is 5.43 Å². The third-order valence-electron chi connectivity index (χ3n) is 4.82. The molecular weight excluding hydrogens is 378 g/mol. The molecule has 0 atom stereocenters. The van der Waals surface area contributed by atoms with Crippen LogP contribution in [-0.2, 0) is 4.79 Å². The maximum Gasteiger partial charge on any atom is 0.260 e. The number of hydrazone groups is 1. The molecule has 0 saturated carbocycles. The van der Waals surface area contributed by atoms with Crippen molar-refractivity contribution in [2.75, 3.05) is 18.1 Å². The van der Waals surface area contributed by atoms with Gasteiger partial charge in [-0.15, -0.1) is 0 Å². The summed E-state index contributed by atoms with van der Waals surface area (Å²) in [6, 6.07) is 18.8. The van der Waals surface area contributed by atoms with Gasteiger partial charge < -0.3 is 4.74 Å². The molecule has 1 aliphatic heterocycles. The zero-order chi connectivity index (χ0) is 21.1. The largest absolute Gasteiger partial charge is 0.493 e. The molecule has 0 aliphatic carbocycles. The van der Waals surface area contributed by atoms with Crippen LogP contribution in [0.3, 0.4) is 0 Å². The Balaban J connectivity index is 1.37. The Bertz CT molecular complexity index is 1110. The van der Waals surface area contributed by atoms with Gasteiger partial charge in [0.1, 0.15) is 12.3 Å². The van der Waals surface area contributed by atoms with E-state index in [0.717, 1.165) is 27.8 Å². The van der Waals surface area contributed by atoms with Crippen molar-refractivity contribution in [1.29, 1.82) is 0 Å². The highest BCUT2D eigenvalue weighted by Gasteiger charge is 2.30. The standard InChI is InChI=1S/C24H23N3O3/c1-16(2)15-30-19-11-9-17(10-12-19)13-25-26-22(28)14-27-21-8-4-6-18-5-3-7-20(23(18)21)24(27)29/h3-13,16H,14-15H2,1-2H3,(H,26,28)/b25-13-. The molecule has 4 rings (SSSR count). The summed E-state index contributed by atoms with van der Waals surface area (Å²) >= 11 is 0. The fourth-order valence-corrected chi connectivity index (χ4v) is 3.41. The normalized spacial score (nSPS) is 12.9. The highest BCUT2D eigenvalue weighted by molar-refractivity contribution is 6.26. The van der Waals surface area contributed by atoms with Crippen molar-refractivity contribution in [3.05, 3.63) is 71.8 Å². The van der Waals surface area contributed by atoms with Crippen LogP contribution in [0.4, 0.5) is 5.69 Å². The summed E-state index contributed by atoms with van der Waals surface area (Å²) in [6.45, 7) is 4.76. The lowest BCUT2D eigenvalue weighted by Gasteiger charge is -2.16. The summed E-state index contributed by atoms with van der Waals surface area (Å²) < 4.78 is 5.65. The first-order chi connectivity index (χ1) is 14.5. The molecule has 1 N–H and O–H groups in total. The fourth-order valence-electron chi connectivity index (χ4n) is 3.41. The lowest BCUT2D eigenvalue weighted by atomic mass is 10.1. The van der Waals surface area contributed by atoms with Crippen molar-refractivity contribution in [2.45, 2.75) is 13.8 Å². The van der Waals surface area contributed by atoms with Crippen LogP contribution in [0, 0.1) is 5.92 Å². The highest BCUT2D eigenvalue weighted by Crippen LogP contribution is 2.36. The summed E-state index contributed by atoms with van der Waals surface area (Å²) in [7, 11) is 0. The molecule has 30 heavy (non-hydrogen) atoms. The minimum atomic E-state index is -0.360. The summed E-state index contributed by atoms with van der Waals surface area (Å²) in [6.07, 6.45) is 1.56. The second-order valence-corrected chi connectivity index (χ2v) is 7.64. The first-order valence-electron chi connectivity index (χ1n) is 9.91. The van der Waals surface area contributed by atoms with Crippen molar-refractivity contribution >= 4 is 34.5 Å². The number of carbonyl (C=O) groups excluding carboxylic acids is 2. The predicted molar refractivity (Wildman–Crippen MR) is 118 cm³/mol. The molecule has 2 amide bonds. The number of nitrogens with zero attached hydrogens (tertiary/aromatic N) is 2. The van der Waals surface area contributed by atoms with E-state index in [-0.39, 0.29) is 18.4 Å². The van der Waals surface area contributed by atoms with Crippen LogP contribution in [0.2, 0.25) is 0 Å². The van der Waals surface area contributed by atoms with E-state index in [4.69, 9.17) is 4.74 Å². The van der Waals surface area contributed by atoms with Crippen LogP contribution >= 0.6 is 0 Å². The number of ether oxygens (including phenoxy) is 1. The van der Waals surface area contributed by atoms with Crippen LogP contribution in [-0.4, -0.2) is 31.2 Å². The van der Waals surface area contributed by atoms with E-state index in [1.165, 1.54) is 4.90 Å². The van der Waals surface area contributed by atoms with Crippen LogP contribution in [0.25, 0.3) is 10.8 Å². The zero-order valence-electron chi connectivity index (χ0n) is 17.0. The molecule has 0 aromatic heterocycles. The van der Waals surface area contributed by atoms with E-state index in [9.17, 15) is 9.59 Å². The SMILES string of the molecule is CC(C)COc1ccc(/C=N\NC(=O)CN2C(=O)c3cccc4cccc2c34)cc1. The Hall–Kier alpha value is -3.67. The number of carbonyl (C=O) groups is 2. The van der Waals surface area contributed by atoms with Crippen molar-refractivity contribution < 1.29 is 14.3 Å². The Kier molecular flexibility index (Phi) is 5.48. The molecule has 1 heterocycles. The molecule has 6 heteroatoms. The second-order valence-electron chi connectivity index (χ2n) is 7.64. The van der Waals surface area contributed by atoms with Crippen LogP contribution in [0.1, 0.15) is 29.8 Å². The van der Waals surface area contributed by atoms with Gasteiger partial charge in [-0.25, -0.2) is 5.43 Å². The molecule has 0 radical (unpaired) electrons. The summed E-state index contributed by atoms with van der Waals surface area (Å²) in [4.78, 5) is 26.6. The Labute approximate surface area is 175 Å². The molecule has 0 saturated heterocycles. The van der Waals surface area contributed by atoms with E-state index in [1.54, 1.807) is 12.3 Å². The first-order valence-corrected chi connectivity index (χ1v) is 9.91. The molecular formula is C24H23N3O3. The van der Waals surface area contributed by atoms with E-state index in [0.29, 0.717) is 18.1 Å². The van der Waals surface area contributed by atoms with Crippen molar-refractivity contribution in [3.63, 3.8) is 0 Å². The summed E-state index contributed by atoms with van der Waals surface area (Å²) in [5.41, 5.74) is 4.71. The maximum absolute atomic E-state index is 12.7. The minimum absolute atomic E-state index is 0.0913. The van der Waals surface area contributed by atoms with E-state index in [1.807, 2.05) is 54.6 Å². The zero-order valence-corrected chi connectivity index (χ0v) is 17.0. The van der Waals surface area contributed by atoms with E-state index < -0.39 is 0 Å². The Morgan fingerprint density at radius 2 is 1.83 bits per heavy atom. The maximum atomic E-state index is 12.7. The van der Waals surface area contributed by atoms with Gasteiger partial charge in [0, 0.05) is 10.9 Å². The second kappa shape index (κ2) is 8.37. The smallest absolute Gasteiger partial charge is 0.260 e. The van der Waals surface area contributed by atoms with Crippen molar-refractivity contribution in [2.24, 2.45) is 11.0 Å². The van der Waals surface area contributed by atoms with Crippen LogP contribution in [0.15, 0.2) is 65.8 Å². The molecule has 6 nitrogen and oxygen atoms in total. The number of rotatable bonds is 7. The van der Waals surface area contributed by atoms with E-state index >= 15 is 0 Å². The number of amides is 2. The van der Waals surface area contributed by atoms with Gasteiger partial charge in [0.25, 0.3) is 11.8 Å². The van der Waals surface area contributed by atoms with Gasteiger partial charge in [-0.2, -0.15) is 5.10 Å². The number of hydrogen-bond acceptors (Lipinski definition) is 4. The van der Waals surface area contributed by atoms with Gasteiger partial charge in [0.2, 0.25) is 0 Å². The molecule has 3 aromatic rings. The van der Waals surface area contributed by atoms with Crippen molar-refractivity contribution in [3.8, 4) is 5.75 Å². The molecule has 3 aromatic carbocycles. The Morgan fingerprint density at radius 3 is 2.57 bits per heavy atom. The lowest BCUT2D eigenvalue weighted by Crippen LogP contribution is -2.37. The average molecular weight is 401 g/mol. The molecule has 152 valence electrons. The molecule has 1 aliphatic rings. The van der Waals surface area contributed by atoms with Gasteiger partial charge in [-0.1, -0.05) is 38.1 Å². The van der Waals surface area contributed by atoms with Gasteiger partial charge in [-0.3, -0.25) is 14.5 Å². The lowest BCUT2D eigenvalue weighted by molar-refractivity contribution is -0.119. The van der Waals surface area contributed by atoms with E-state index in [2.05, 4.69) is 24.4 Å². The van der Waals surface area contributed by atoms with Gasteiger partial charge in [0.05, 0.1) is 18.5 Å². The third-order valence-corrected chi connectivity index (χ3v) is 4.82. The number of benzene rings is 3. The van der Waals surface area contributed by atoms with Crippen LogP contribution in [0.5, 0.6) is 5.75 Å². The summed E-state index contributed by atoms with van der Waals surface area (Å²) in [5, 5.41) is 5.88. The van der Waals surface area contributed by atoms with Gasteiger partial charge in [-0.05, 0) is 53.3 Å². The third kappa shape index (κ3) is 4.03. The Morgan fingerprint density at radius 1 is 1.10 bits per heavy atom. The molecule has 0 spiro atoms.